The van der Waals surface area contributed by atoms with Gasteiger partial charge in [0.1, 0.15) is 5.75 Å². The van der Waals surface area contributed by atoms with E-state index in [1.165, 1.54) is 6.92 Å². The van der Waals surface area contributed by atoms with Gasteiger partial charge in [0.25, 0.3) is 0 Å². The van der Waals surface area contributed by atoms with Gasteiger partial charge in [-0.2, -0.15) is 0 Å². The molecule has 4 heteroatoms. The number of fused-ring (bicyclic) bond motifs is 1. The molecule has 1 heterocycles. The Morgan fingerprint density at radius 3 is 2.50 bits per heavy atom. The molecule has 4 nitrogen and oxygen atoms in total. The van der Waals surface area contributed by atoms with Crippen LogP contribution in [0.25, 0.3) is 0 Å². The van der Waals surface area contributed by atoms with E-state index in [2.05, 4.69) is 5.43 Å². The smallest absolute Gasteiger partial charge is 0.235 e. The first kappa shape index (κ1) is 12.7. The van der Waals surface area contributed by atoms with Gasteiger partial charge in [-0.3, -0.25) is 15.2 Å². The van der Waals surface area contributed by atoms with Gasteiger partial charge in [0.2, 0.25) is 5.91 Å². The maximum Gasteiger partial charge on any atom is 0.235 e. The maximum absolute atomic E-state index is 11.3. The molecule has 2 N–H and O–H groups in total. The van der Waals surface area contributed by atoms with Crippen molar-refractivity contribution in [3.8, 4) is 5.75 Å². The highest BCUT2D eigenvalue weighted by Gasteiger charge is 2.24. The Bertz CT molecular complexity index is 509. The average molecular weight is 248 g/mol. The van der Waals surface area contributed by atoms with E-state index in [0.29, 0.717) is 5.75 Å². The van der Waals surface area contributed by atoms with Crippen molar-refractivity contribution in [3.63, 3.8) is 0 Å². The number of amides is 1. The maximum atomic E-state index is 11.3. The molecular formula is C14H20N2O2. The van der Waals surface area contributed by atoms with Gasteiger partial charge in [-0.05, 0) is 55.9 Å². The molecule has 98 valence electrons. The Hall–Kier alpha value is -1.71. The first-order valence-electron chi connectivity index (χ1n) is 6.29. The van der Waals surface area contributed by atoms with Crippen LogP contribution in [-0.4, -0.2) is 17.6 Å². The summed E-state index contributed by atoms with van der Waals surface area (Å²) in [7, 11) is 0. The second-order valence-electron chi connectivity index (χ2n) is 4.97. The zero-order valence-electron chi connectivity index (χ0n) is 11.4. The molecule has 1 aliphatic rings. The summed E-state index contributed by atoms with van der Waals surface area (Å²) in [5.74, 6) is 0.321. The van der Waals surface area contributed by atoms with Crippen molar-refractivity contribution < 1.29 is 9.90 Å². The van der Waals surface area contributed by atoms with Crippen LogP contribution < -0.4 is 10.4 Å². The predicted octanol–water partition coefficient (Wildman–Crippen LogP) is 2.12. The van der Waals surface area contributed by atoms with E-state index in [4.69, 9.17) is 0 Å². The van der Waals surface area contributed by atoms with Crippen molar-refractivity contribution in [2.45, 2.75) is 40.5 Å². The van der Waals surface area contributed by atoms with Gasteiger partial charge in [-0.1, -0.05) is 0 Å². The summed E-state index contributed by atoms with van der Waals surface area (Å²) in [4.78, 5) is 11.3. The molecule has 0 radical (unpaired) electrons. The fraction of sp³-hybridized carbons (Fsp3) is 0.500. The monoisotopic (exact) mass is 248 g/mol. The van der Waals surface area contributed by atoms with Gasteiger partial charge in [-0.15, -0.1) is 0 Å². The van der Waals surface area contributed by atoms with Crippen LogP contribution in [0.15, 0.2) is 0 Å². The van der Waals surface area contributed by atoms with Crippen molar-refractivity contribution in [2.75, 3.05) is 11.6 Å². The molecule has 0 fully saturated rings. The molecule has 1 aliphatic heterocycles. The first-order chi connectivity index (χ1) is 8.43. The molecule has 0 saturated carbocycles. The molecule has 0 atom stereocenters. The normalized spacial score (nSPS) is 14.3. The van der Waals surface area contributed by atoms with E-state index in [1.54, 1.807) is 0 Å². The Kier molecular flexibility index (Phi) is 3.20. The number of phenolic OH excluding ortho intramolecular Hbond substituents is 1. The van der Waals surface area contributed by atoms with E-state index in [1.807, 2.05) is 25.8 Å². The molecule has 0 aliphatic carbocycles. The lowest BCUT2D eigenvalue weighted by Crippen LogP contribution is -2.44. The third-order valence-electron chi connectivity index (χ3n) is 3.74. The molecule has 0 aromatic heterocycles. The number of anilines is 1. The summed E-state index contributed by atoms with van der Waals surface area (Å²) in [6.07, 6.45) is 1.93. The number of hydrogen-bond acceptors (Lipinski definition) is 3. The second kappa shape index (κ2) is 4.52. The van der Waals surface area contributed by atoms with Crippen LogP contribution in [0.1, 0.15) is 35.6 Å². The van der Waals surface area contributed by atoms with Gasteiger partial charge in [0.05, 0.1) is 5.69 Å². The number of nitrogens with one attached hydrogen (secondary N) is 1. The summed E-state index contributed by atoms with van der Waals surface area (Å²) in [5.41, 5.74) is 7.94. The Morgan fingerprint density at radius 1 is 1.22 bits per heavy atom. The minimum atomic E-state index is -0.0642. The highest BCUT2D eigenvalue weighted by Crippen LogP contribution is 2.39. The van der Waals surface area contributed by atoms with Gasteiger partial charge in [0, 0.05) is 13.5 Å². The number of rotatable bonds is 1. The van der Waals surface area contributed by atoms with Crippen molar-refractivity contribution in [2.24, 2.45) is 0 Å². The molecular weight excluding hydrogens is 228 g/mol. The van der Waals surface area contributed by atoms with Crippen LogP contribution in [0.2, 0.25) is 0 Å². The van der Waals surface area contributed by atoms with E-state index >= 15 is 0 Å². The lowest BCUT2D eigenvalue weighted by atomic mass is 9.91. The summed E-state index contributed by atoms with van der Waals surface area (Å²) < 4.78 is 0. The summed E-state index contributed by atoms with van der Waals surface area (Å²) in [5, 5.41) is 12.0. The third-order valence-corrected chi connectivity index (χ3v) is 3.74. The molecule has 18 heavy (non-hydrogen) atoms. The van der Waals surface area contributed by atoms with Crippen LogP contribution in [0.4, 0.5) is 5.69 Å². The average Bonchev–Trinajstić information content (AvgIpc) is 2.32. The zero-order chi connectivity index (χ0) is 13.4. The van der Waals surface area contributed by atoms with E-state index in [9.17, 15) is 9.90 Å². The minimum Gasteiger partial charge on any atom is -0.507 e. The topological polar surface area (TPSA) is 52.6 Å². The summed E-state index contributed by atoms with van der Waals surface area (Å²) >= 11 is 0. The van der Waals surface area contributed by atoms with Crippen LogP contribution in [0.5, 0.6) is 5.75 Å². The van der Waals surface area contributed by atoms with Gasteiger partial charge < -0.3 is 5.11 Å². The van der Waals surface area contributed by atoms with Gasteiger partial charge in [-0.25, -0.2) is 0 Å². The molecule has 1 aromatic carbocycles. The standard InChI is InChI=1S/C14H20N2O2/c1-8-9(2)14(18)10(3)12-6-5-7-16(13(8)12)15-11(4)17/h18H,5-7H2,1-4H3,(H,15,17). The number of nitrogens with zero attached hydrogens (tertiary/aromatic N) is 1. The summed E-state index contributed by atoms with van der Waals surface area (Å²) in [6.45, 7) is 8.19. The predicted molar refractivity (Wildman–Crippen MR) is 71.8 cm³/mol. The fourth-order valence-electron chi connectivity index (χ4n) is 2.68. The highest BCUT2D eigenvalue weighted by molar-refractivity contribution is 5.78. The molecule has 1 aromatic rings. The number of aromatic hydroxyl groups is 1. The molecule has 0 bridgehead atoms. The first-order valence-corrected chi connectivity index (χ1v) is 6.29. The number of hydrazine groups is 1. The van der Waals surface area contributed by atoms with Crippen LogP contribution in [-0.2, 0) is 11.2 Å². The number of benzene rings is 1. The SMILES string of the molecule is CC(=O)NN1CCCc2c(C)c(O)c(C)c(C)c21. The van der Waals surface area contributed by atoms with Crippen LogP contribution >= 0.6 is 0 Å². The lowest BCUT2D eigenvalue weighted by molar-refractivity contribution is -0.119. The van der Waals surface area contributed by atoms with E-state index in [-0.39, 0.29) is 5.91 Å². The fourth-order valence-corrected chi connectivity index (χ4v) is 2.68. The van der Waals surface area contributed by atoms with Gasteiger partial charge in [0.15, 0.2) is 0 Å². The number of carbonyl (C=O) groups excluding carboxylic acids is 1. The zero-order valence-corrected chi connectivity index (χ0v) is 11.4. The summed E-state index contributed by atoms with van der Waals surface area (Å²) in [6, 6.07) is 0. The minimum absolute atomic E-state index is 0.0642. The van der Waals surface area contributed by atoms with Crippen molar-refractivity contribution in [1.29, 1.82) is 0 Å². The Morgan fingerprint density at radius 2 is 1.89 bits per heavy atom. The van der Waals surface area contributed by atoms with Crippen molar-refractivity contribution >= 4 is 11.6 Å². The van der Waals surface area contributed by atoms with E-state index < -0.39 is 0 Å². The molecule has 2 rings (SSSR count). The Balaban J connectivity index is 2.59. The highest BCUT2D eigenvalue weighted by atomic mass is 16.3. The van der Waals surface area contributed by atoms with Crippen molar-refractivity contribution in [1.82, 2.24) is 5.43 Å². The lowest BCUT2D eigenvalue weighted by Gasteiger charge is -2.34. The quantitative estimate of drug-likeness (QED) is 0.800. The number of phenols is 1. The number of hydrogen-bond donors (Lipinski definition) is 2. The largest absolute Gasteiger partial charge is 0.507 e. The second-order valence-corrected chi connectivity index (χ2v) is 4.97. The molecule has 1 amide bonds. The van der Waals surface area contributed by atoms with Gasteiger partial charge >= 0.3 is 0 Å². The van der Waals surface area contributed by atoms with Crippen LogP contribution in [0, 0.1) is 20.8 Å². The molecule has 0 spiro atoms. The van der Waals surface area contributed by atoms with E-state index in [0.717, 1.165) is 47.3 Å². The third kappa shape index (κ3) is 1.92. The van der Waals surface area contributed by atoms with Crippen LogP contribution in [0.3, 0.4) is 0 Å². The molecule has 0 unspecified atom stereocenters. The van der Waals surface area contributed by atoms with Crippen molar-refractivity contribution in [3.05, 3.63) is 22.3 Å². The molecule has 0 saturated heterocycles. The number of carbonyl (C=O) groups is 1. The Labute approximate surface area is 108 Å².